The molecule has 2 N–H and O–H groups in total. The van der Waals surface area contributed by atoms with Gasteiger partial charge in [0.05, 0.1) is 6.04 Å². The topological polar surface area (TPSA) is 84.0 Å². The molecule has 0 fully saturated rings. The lowest BCUT2D eigenvalue weighted by Crippen LogP contribution is -2.28. The van der Waals surface area contributed by atoms with Crippen molar-refractivity contribution in [2.45, 2.75) is 33.4 Å². The van der Waals surface area contributed by atoms with Gasteiger partial charge in [0.15, 0.2) is 0 Å². The Morgan fingerprint density at radius 1 is 0.829 bits per heavy atom. The average Bonchev–Trinajstić information content (AvgIpc) is 2.88. The van der Waals surface area contributed by atoms with Crippen LogP contribution in [0.1, 0.15) is 56.1 Å². The van der Waals surface area contributed by atoms with E-state index in [-0.39, 0.29) is 17.9 Å². The Hall–Kier alpha value is -4.32. The van der Waals surface area contributed by atoms with Crippen molar-refractivity contribution < 1.29 is 9.59 Å². The molecule has 0 radical (unpaired) electrons. The zero-order valence-electron chi connectivity index (χ0n) is 20.1. The van der Waals surface area contributed by atoms with Crippen LogP contribution in [-0.4, -0.2) is 21.8 Å². The molecule has 1 atom stereocenters. The van der Waals surface area contributed by atoms with Gasteiger partial charge in [-0.15, -0.1) is 0 Å². The number of carbonyl (C=O) groups excluding carboxylic acids is 2. The summed E-state index contributed by atoms with van der Waals surface area (Å²) in [6.45, 7) is 6.20. The lowest BCUT2D eigenvalue weighted by atomic mass is 9.98. The minimum Gasteiger partial charge on any atom is -0.348 e. The summed E-state index contributed by atoms with van der Waals surface area (Å²) in [6, 6.07) is 20.6. The van der Waals surface area contributed by atoms with Gasteiger partial charge in [-0.25, -0.2) is 0 Å². The molecule has 0 saturated heterocycles. The third-order valence-electron chi connectivity index (χ3n) is 5.82. The maximum atomic E-state index is 13.2. The minimum absolute atomic E-state index is 0.208. The second-order valence-electron chi connectivity index (χ2n) is 8.63. The van der Waals surface area contributed by atoms with E-state index in [0.29, 0.717) is 17.7 Å². The van der Waals surface area contributed by atoms with Crippen LogP contribution in [0.3, 0.4) is 0 Å². The van der Waals surface area contributed by atoms with Crippen LogP contribution in [0, 0.1) is 13.8 Å². The number of hydrogen-bond donors (Lipinski definition) is 2. The summed E-state index contributed by atoms with van der Waals surface area (Å²) < 4.78 is 0. The van der Waals surface area contributed by atoms with Crippen molar-refractivity contribution in [3.05, 3.63) is 119 Å². The van der Waals surface area contributed by atoms with E-state index in [4.69, 9.17) is 0 Å². The van der Waals surface area contributed by atoms with Crippen molar-refractivity contribution in [1.82, 2.24) is 20.6 Å². The summed E-state index contributed by atoms with van der Waals surface area (Å²) >= 11 is 0. The Balaban J connectivity index is 1.61. The molecule has 6 nitrogen and oxygen atoms in total. The van der Waals surface area contributed by atoms with E-state index in [0.717, 1.165) is 33.5 Å². The number of nitrogens with one attached hydrogen (secondary N) is 2. The van der Waals surface area contributed by atoms with Gasteiger partial charge in [-0.3, -0.25) is 19.6 Å². The highest BCUT2D eigenvalue weighted by Crippen LogP contribution is 2.24. The summed E-state index contributed by atoms with van der Waals surface area (Å²) in [4.78, 5) is 34.6. The van der Waals surface area contributed by atoms with Gasteiger partial charge in [-0.1, -0.05) is 35.9 Å². The molecule has 6 heteroatoms. The van der Waals surface area contributed by atoms with Crippen molar-refractivity contribution in [2.75, 3.05) is 0 Å². The first-order valence-corrected chi connectivity index (χ1v) is 11.5. The Kier molecular flexibility index (Phi) is 7.31. The highest BCUT2D eigenvalue weighted by molar-refractivity contribution is 6.01. The van der Waals surface area contributed by atoms with Crippen molar-refractivity contribution in [3.8, 4) is 11.1 Å². The zero-order chi connectivity index (χ0) is 24.8. The van der Waals surface area contributed by atoms with Crippen molar-refractivity contribution >= 4 is 11.8 Å². The molecule has 176 valence electrons. The third kappa shape index (κ3) is 6.18. The molecule has 2 amide bonds. The van der Waals surface area contributed by atoms with Gasteiger partial charge in [0.25, 0.3) is 11.8 Å². The monoisotopic (exact) mass is 464 g/mol. The number of hydrogen-bond acceptors (Lipinski definition) is 4. The van der Waals surface area contributed by atoms with Crippen LogP contribution in [0.15, 0.2) is 85.3 Å². The number of nitrogens with zero attached hydrogens (tertiary/aromatic N) is 2. The molecule has 2 heterocycles. The number of aryl methyl sites for hydroxylation is 2. The summed E-state index contributed by atoms with van der Waals surface area (Å²) in [5.74, 6) is -0.504. The van der Waals surface area contributed by atoms with Crippen LogP contribution >= 0.6 is 0 Å². The minimum atomic E-state index is -0.254. The van der Waals surface area contributed by atoms with E-state index in [1.54, 1.807) is 24.7 Å². The molecule has 4 rings (SSSR count). The van der Waals surface area contributed by atoms with Crippen molar-refractivity contribution in [3.63, 3.8) is 0 Å². The van der Waals surface area contributed by atoms with Gasteiger partial charge < -0.3 is 10.6 Å². The summed E-state index contributed by atoms with van der Waals surface area (Å²) in [5, 5.41) is 5.96. The lowest BCUT2D eigenvalue weighted by molar-refractivity contribution is 0.0940. The van der Waals surface area contributed by atoms with E-state index in [2.05, 4.69) is 20.6 Å². The first kappa shape index (κ1) is 23.8. The maximum absolute atomic E-state index is 13.2. The number of pyridine rings is 2. The Morgan fingerprint density at radius 2 is 1.51 bits per heavy atom. The van der Waals surface area contributed by atoms with Crippen LogP contribution in [0.25, 0.3) is 11.1 Å². The quantitative estimate of drug-likeness (QED) is 0.395. The van der Waals surface area contributed by atoms with E-state index < -0.39 is 0 Å². The molecule has 0 aliphatic carbocycles. The Labute approximate surface area is 205 Å². The summed E-state index contributed by atoms with van der Waals surface area (Å²) in [6.07, 6.45) is 5.14. The number of carbonyl (C=O) groups is 2. The number of amides is 2. The third-order valence-corrected chi connectivity index (χ3v) is 5.82. The van der Waals surface area contributed by atoms with Crippen LogP contribution < -0.4 is 10.6 Å². The fourth-order valence-corrected chi connectivity index (χ4v) is 3.71. The molecular weight excluding hydrogens is 436 g/mol. The van der Waals surface area contributed by atoms with E-state index >= 15 is 0 Å². The van der Waals surface area contributed by atoms with E-state index in [1.165, 1.54) is 0 Å². The smallest absolute Gasteiger partial charge is 0.251 e. The van der Waals surface area contributed by atoms with Gasteiger partial charge in [0.2, 0.25) is 0 Å². The fraction of sp³-hybridized carbons (Fsp3) is 0.172. The van der Waals surface area contributed by atoms with Crippen LogP contribution in [0.4, 0.5) is 0 Å². The zero-order valence-corrected chi connectivity index (χ0v) is 20.1. The molecule has 0 aliphatic heterocycles. The first-order valence-electron chi connectivity index (χ1n) is 11.5. The Bertz CT molecular complexity index is 1320. The second kappa shape index (κ2) is 10.7. The van der Waals surface area contributed by atoms with Crippen LogP contribution in [-0.2, 0) is 6.54 Å². The van der Waals surface area contributed by atoms with Gasteiger partial charge in [0.1, 0.15) is 0 Å². The molecule has 0 aliphatic rings. The van der Waals surface area contributed by atoms with Gasteiger partial charge >= 0.3 is 0 Å². The maximum Gasteiger partial charge on any atom is 0.251 e. The highest BCUT2D eigenvalue weighted by Gasteiger charge is 2.16. The number of aromatic nitrogens is 2. The van der Waals surface area contributed by atoms with Gasteiger partial charge in [0, 0.05) is 42.0 Å². The summed E-state index contributed by atoms with van der Waals surface area (Å²) in [5.41, 5.74) is 6.49. The van der Waals surface area contributed by atoms with Gasteiger partial charge in [-0.2, -0.15) is 0 Å². The molecule has 4 aromatic rings. The Morgan fingerprint density at radius 3 is 2.17 bits per heavy atom. The fourth-order valence-electron chi connectivity index (χ4n) is 3.71. The molecule has 0 spiro atoms. The standard InChI is InChI=1S/C29H28N4O2/c1-19-4-8-24(9-5-19)25-14-26(28(34)32-18-22-7-6-20(2)31-17-22)16-27(15-25)29(35)33-21(3)23-10-12-30-13-11-23/h4-17,21H,18H2,1-3H3,(H,32,34)(H,33,35). The number of rotatable bonds is 7. The molecule has 35 heavy (non-hydrogen) atoms. The van der Waals surface area contributed by atoms with E-state index in [9.17, 15) is 9.59 Å². The normalized spacial score (nSPS) is 11.5. The SMILES string of the molecule is Cc1ccc(-c2cc(C(=O)NCc3ccc(C)nc3)cc(C(=O)NC(C)c3ccncc3)c2)cc1. The van der Waals surface area contributed by atoms with Crippen LogP contribution in [0.2, 0.25) is 0 Å². The summed E-state index contributed by atoms with van der Waals surface area (Å²) in [7, 11) is 0. The lowest BCUT2D eigenvalue weighted by Gasteiger charge is -2.16. The van der Waals surface area contributed by atoms with Crippen molar-refractivity contribution in [2.24, 2.45) is 0 Å². The van der Waals surface area contributed by atoms with Crippen molar-refractivity contribution in [1.29, 1.82) is 0 Å². The second-order valence-corrected chi connectivity index (χ2v) is 8.63. The first-order chi connectivity index (χ1) is 16.9. The molecule has 2 aromatic heterocycles. The molecule has 0 saturated carbocycles. The number of benzene rings is 2. The largest absolute Gasteiger partial charge is 0.348 e. The molecular formula is C29H28N4O2. The molecule has 0 bridgehead atoms. The molecule has 2 aromatic carbocycles. The predicted molar refractivity (Wildman–Crippen MR) is 137 cm³/mol. The van der Waals surface area contributed by atoms with Crippen LogP contribution in [0.5, 0.6) is 0 Å². The highest BCUT2D eigenvalue weighted by atomic mass is 16.2. The molecule has 1 unspecified atom stereocenters. The van der Waals surface area contributed by atoms with Gasteiger partial charge in [-0.05, 0) is 79.4 Å². The predicted octanol–water partition coefficient (Wildman–Crippen LogP) is 5.18. The average molecular weight is 465 g/mol. The van der Waals surface area contributed by atoms with E-state index in [1.807, 2.05) is 81.4 Å².